The van der Waals surface area contributed by atoms with Crippen LogP contribution in [0.3, 0.4) is 0 Å². The quantitative estimate of drug-likeness (QED) is 0.0491. The molecule has 0 saturated heterocycles. The number of fused-ring (bicyclic) bond motifs is 16. The molecule has 16 heterocycles. The van der Waals surface area contributed by atoms with Crippen molar-refractivity contribution in [1.82, 2.24) is 50.5 Å². The SMILES string of the molecule is C[n+]1ccc(-c2c3nc(c(-c4cc[n+](C)cc4)c4ccc([nH]4)c(-c4cc[n+](C)cc4)c4nc(c(-c5ccc(C(=O)NCCNC(=O)c6ccc(-c7c8nc(c(-c9cc[n+](C)cc9)c9ccc([nH]9)c(-c9cc[n+](C)cc9)c9nc(c(-c%10cc[n+](C)cc%10)c%10ccc7[nH]%10)C=C9)C=C8)cc6)cc5)c5ccc2[nH]5)C=C4)C=C3)cc1. The molecule has 18 nitrogen and oxygen atoms in total. The number of hydrogen-bond donors (Lipinski definition) is 6. The first-order chi connectivity index (χ1) is 53.7. The summed E-state index contributed by atoms with van der Waals surface area (Å²) in [5.74, 6) is -0.555. The Morgan fingerprint density at radius 1 is 0.236 bits per heavy atom. The van der Waals surface area contributed by atoms with E-state index in [-0.39, 0.29) is 24.9 Å². The lowest BCUT2D eigenvalue weighted by atomic mass is 10.0. The van der Waals surface area contributed by atoms with Gasteiger partial charge in [-0.05, 0) is 166 Å². The maximum Gasteiger partial charge on any atom is 0.251 e. The van der Waals surface area contributed by atoms with E-state index in [1.807, 2.05) is 168 Å². The second-order valence-electron chi connectivity index (χ2n) is 28.2. The van der Waals surface area contributed by atoms with E-state index in [4.69, 9.17) is 19.9 Å². The Balaban J connectivity index is 0.658. The third-order valence-electron chi connectivity index (χ3n) is 20.7. The first-order valence-electron chi connectivity index (χ1n) is 36.6. The minimum atomic E-state index is -0.277. The molecule has 0 atom stereocenters. The number of H-pyrrole nitrogens is 4. The van der Waals surface area contributed by atoms with Crippen LogP contribution in [-0.4, -0.2) is 64.8 Å². The maximum absolute atomic E-state index is 14.1. The van der Waals surface area contributed by atoms with Gasteiger partial charge in [-0.3, -0.25) is 9.59 Å². The molecule has 0 spiro atoms. The van der Waals surface area contributed by atoms with Crippen LogP contribution in [0.4, 0.5) is 0 Å². The predicted molar refractivity (Wildman–Crippen MR) is 433 cm³/mol. The van der Waals surface area contributed by atoms with Crippen LogP contribution < -0.4 is 38.0 Å². The zero-order valence-corrected chi connectivity index (χ0v) is 61.4. The molecule has 18 heteroatoms. The van der Waals surface area contributed by atoms with Gasteiger partial charge in [0.15, 0.2) is 74.4 Å². The van der Waals surface area contributed by atoms with Gasteiger partial charge in [0.2, 0.25) is 0 Å². The van der Waals surface area contributed by atoms with Gasteiger partial charge in [0.25, 0.3) is 11.8 Å². The number of carbonyl (C=O) groups excluding carboxylic acids is 2. The van der Waals surface area contributed by atoms with Gasteiger partial charge >= 0.3 is 0 Å². The monoisotopic (exact) mass is 1440 g/mol. The lowest BCUT2D eigenvalue weighted by Gasteiger charge is -2.10. The van der Waals surface area contributed by atoms with E-state index in [0.29, 0.717) is 11.1 Å². The first-order valence-corrected chi connectivity index (χ1v) is 36.6. The lowest BCUT2D eigenvalue weighted by Crippen LogP contribution is -2.34. The second kappa shape index (κ2) is 28.1. The maximum atomic E-state index is 14.1. The molecular weight excluding hydrogens is 1360 g/mol. The Kier molecular flexibility index (Phi) is 17.2. The average molecular weight is 1440 g/mol. The molecule has 2 amide bonds. The Bertz CT molecular complexity index is 6070. The van der Waals surface area contributed by atoms with Gasteiger partial charge in [-0.15, -0.1) is 0 Å². The van der Waals surface area contributed by atoms with Gasteiger partial charge < -0.3 is 30.6 Å². The largest absolute Gasteiger partial charge is 0.354 e. The summed E-state index contributed by atoms with van der Waals surface area (Å²) < 4.78 is 12.2. The average Bonchev–Trinajstić information content (AvgIpc) is 1.62. The predicted octanol–water partition coefficient (Wildman–Crippen LogP) is 14.1. The standard InChI is InChI=1S/C92H72N16O2/c1-103-45-31-59(32-46-103)85-71-19-15-67(95-71)83(68-16-20-72(96-68)86(60-33-47-104(2)48-34-60)76-24-28-80(100-76)89(79-27-23-75(85)99-79)63-39-53-107(5)54-40-63)57-7-11-65(12-8-57)91(109)93-43-44-94-92(110)66-13-9-58(10-14-66)84-69-17-21-73(97-69)87(61-35-49-105(3)50-36-61)77-25-29-81(101-77)90(64-41-55-108(6)56-42-64)82-30-26-78(102-82)88(74-22-18-70(84)98-74)62-37-51-106(4)52-38-62/h7-42,45-56H,43-44H2,1-6H3,(H2-2,93,94,95,96,97,98,99,100,101,102,109,110)/q+2/p+4. The number of aromatic amines is 4. The molecule has 4 aliphatic heterocycles. The first kappa shape index (κ1) is 67.4. The molecule has 18 rings (SSSR count). The van der Waals surface area contributed by atoms with Gasteiger partial charge in [0, 0.05) is 186 Å². The third kappa shape index (κ3) is 12.9. The number of nitrogens with one attached hydrogen (secondary N) is 6. The van der Waals surface area contributed by atoms with Crippen LogP contribution in [0.5, 0.6) is 0 Å². The highest BCUT2D eigenvalue weighted by Gasteiger charge is 2.25. The van der Waals surface area contributed by atoms with E-state index in [0.717, 1.165) is 179 Å². The highest BCUT2D eigenvalue weighted by Crippen LogP contribution is 2.42. The number of rotatable bonds is 13. The summed E-state index contributed by atoms with van der Waals surface area (Å²) in [5.41, 5.74) is 29.4. The molecule has 16 bridgehead atoms. The van der Waals surface area contributed by atoms with Crippen LogP contribution >= 0.6 is 0 Å². The number of benzene rings is 2. The van der Waals surface area contributed by atoms with Crippen LogP contribution in [0.1, 0.15) is 66.3 Å². The van der Waals surface area contributed by atoms with Crippen molar-refractivity contribution in [2.24, 2.45) is 42.3 Å². The van der Waals surface area contributed by atoms with E-state index in [1.54, 1.807) is 0 Å². The molecule has 6 N–H and O–H groups in total. The number of pyridine rings is 6. The van der Waals surface area contributed by atoms with Gasteiger partial charge in [0.1, 0.15) is 42.3 Å². The van der Waals surface area contributed by atoms with Crippen molar-refractivity contribution in [3.05, 3.63) is 301 Å². The van der Waals surface area contributed by atoms with Crippen molar-refractivity contribution in [2.45, 2.75) is 0 Å². The molecule has 2 aromatic carbocycles. The fraction of sp³-hybridized carbons (Fsp3) is 0.0870. The van der Waals surface area contributed by atoms with Crippen LogP contribution in [0.2, 0.25) is 0 Å². The van der Waals surface area contributed by atoms with E-state index in [9.17, 15) is 9.59 Å². The highest BCUT2D eigenvalue weighted by molar-refractivity contribution is 6.04. The summed E-state index contributed by atoms with van der Waals surface area (Å²) >= 11 is 0. The zero-order chi connectivity index (χ0) is 74.7. The smallest absolute Gasteiger partial charge is 0.251 e. The van der Waals surface area contributed by atoms with E-state index < -0.39 is 0 Å². The summed E-state index contributed by atoms with van der Waals surface area (Å²) in [6.07, 6.45) is 41.3. The molecule has 4 aliphatic rings. The molecule has 12 aromatic heterocycles. The second-order valence-corrected chi connectivity index (χ2v) is 28.2. The number of aromatic nitrogens is 14. The van der Waals surface area contributed by atoms with E-state index in [1.165, 1.54) is 0 Å². The van der Waals surface area contributed by atoms with Gasteiger partial charge in [0.05, 0.1) is 45.6 Å². The molecule has 0 radical (unpaired) electrons. The van der Waals surface area contributed by atoms with Crippen LogP contribution in [0, 0.1) is 0 Å². The van der Waals surface area contributed by atoms with Crippen molar-refractivity contribution in [3.8, 4) is 89.0 Å². The molecule has 530 valence electrons. The number of hydrogen-bond acceptors (Lipinski definition) is 6. The fourth-order valence-electron chi connectivity index (χ4n) is 15.0. The van der Waals surface area contributed by atoms with Crippen LogP contribution in [0.15, 0.2) is 244 Å². The minimum absolute atomic E-state index is 0.187. The minimum Gasteiger partial charge on any atom is -0.354 e. The third-order valence-corrected chi connectivity index (χ3v) is 20.7. The summed E-state index contributed by atoms with van der Waals surface area (Å²) in [6, 6.07) is 57.6. The van der Waals surface area contributed by atoms with E-state index >= 15 is 0 Å². The fourth-order valence-corrected chi connectivity index (χ4v) is 15.0. The molecule has 110 heavy (non-hydrogen) atoms. The number of amides is 2. The summed E-state index contributed by atoms with van der Waals surface area (Å²) in [7, 11) is 12.1. The van der Waals surface area contributed by atoms with E-state index in [2.05, 4.69) is 225 Å². The Morgan fingerprint density at radius 2 is 0.391 bits per heavy atom. The normalized spacial score (nSPS) is 12.1. The van der Waals surface area contributed by atoms with Crippen molar-refractivity contribution in [2.75, 3.05) is 13.1 Å². The van der Waals surface area contributed by atoms with Crippen molar-refractivity contribution in [3.63, 3.8) is 0 Å². The Labute approximate surface area is 633 Å². The van der Waals surface area contributed by atoms with Gasteiger partial charge in [-0.2, -0.15) is 0 Å². The van der Waals surface area contributed by atoms with Gasteiger partial charge in [-0.25, -0.2) is 47.3 Å². The highest BCUT2D eigenvalue weighted by atomic mass is 16.2. The molecule has 14 aromatic rings. The summed E-state index contributed by atoms with van der Waals surface area (Å²) in [5, 5.41) is 6.10. The van der Waals surface area contributed by atoms with Crippen LogP contribution in [0.25, 0.3) is 182 Å². The number of nitrogens with zero attached hydrogens (tertiary/aromatic N) is 10. The topological polar surface area (TPSA) is 196 Å². The molecular formula is C92H76N16O2+6. The Morgan fingerprint density at radius 3 is 0.555 bits per heavy atom. The Hall–Kier alpha value is -14.5. The van der Waals surface area contributed by atoms with Crippen molar-refractivity contribution >= 4 is 105 Å². The number of aryl methyl sites for hydroxylation is 6. The molecule has 0 unspecified atom stereocenters. The molecule has 0 aliphatic carbocycles. The number of carbonyl (C=O) groups is 2. The lowest BCUT2D eigenvalue weighted by molar-refractivity contribution is -0.671. The van der Waals surface area contributed by atoms with Crippen molar-refractivity contribution in [1.29, 1.82) is 0 Å². The summed E-state index contributed by atoms with van der Waals surface area (Å²) in [6.45, 7) is 0.374. The molecule has 0 fully saturated rings. The van der Waals surface area contributed by atoms with Crippen molar-refractivity contribution < 1.29 is 37.0 Å². The summed E-state index contributed by atoms with van der Waals surface area (Å²) in [4.78, 5) is 65.5. The molecule has 0 saturated carbocycles. The zero-order valence-electron chi connectivity index (χ0n) is 61.4. The van der Waals surface area contributed by atoms with Gasteiger partial charge in [-0.1, -0.05) is 24.3 Å². The van der Waals surface area contributed by atoms with Crippen LogP contribution in [-0.2, 0) is 42.3 Å².